The molecular formula is C23H27FN6O. The highest BCUT2D eigenvalue weighted by atomic mass is 19.1. The topological polar surface area (TPSA) is 66.3 Å². The van der Waals surface area contributed by atoms with Crippen LogP contribution in [-0.4, -0.2) is 62.6 Å². The molecule has 5 rings (SSSR count). The molecule has 1 aliphatic heterocycles. The Bertz CT molecular complexity index is 1070. The molecule has 0 atom stereocenters. The number of rotatable bonds is 4. The van der Waals surface area contributed by atoms with E-state index < -0.39 is 0 Å². The van der Waals surface area contributed by atoms with E-state index in [4.69, 9.17) is 4.98 Å². The quantitative estimate of drug-likeness (QED) is 0.701. The van der Waals surface area contributed by atoms with Crippen LogP contribution in [-0.2, 0) is 6.54 Å². The van der Waals surface area contributed by atoms with Gasteiger partial charge in [-0.15, -0.1) is 0 Å². The second kappa shape index (κ2) is 8.63. The van der Waals surface area contributed by atoms with Crippen LogP contribution in [0.15, 0.2) is 42.6 Å². The lowest BCUT2D eigenvalue weighted by Gasteiger charge is -2.35. The number of fused-ring (bicyclic) bond motifs is 1. The number of amides is 2. The van der Waals surface area contributed by atoms with Crippen molar-refractivity contribution in [2.45, 2.75) is 38.3 Å². The molecule has 3 heterocycles. The number of pyridine rings is 1. The molecule has 0 bridgehead atoms. The minimum Gasteiger partial charge on any atom is -0.335 e. The molecule has 2 amide bonds. The Morgan fingerprint density at radius 2 is 1.90 bits per heavy atom. The fourth-order valence-electron chi connectivity index (χ4n) is 4.60. The van der Waals surface area contributed by atoms with Gasteiger partial charge in [-0.3, -0.25) is 9.47 Å². The van der Waals surface area contributed by atoms with Crippen LogP contribution in [0.3, 0.4) is 0 Å². The summed E-state index contributed by atoms with van der Waals surface area (Å²) in [6.07, 6.45) is 6.33. The Kier molecular flexibility index (Phi) is 5.55. The van der Waals surface area contributed by atoms with Crippen LogP contribution in [0.4, 0.5) is 9.18 Å². The maximum Gasteiger partial charge on any atom is 0.317 e. The normalized spacial score (nSPS) is 18.0. The van der Waals surface area contributed by atoms with E-state index in [1.165, 1.54) is 25.0 Å². The number of halogens is 1. The molecule has 2 aliphatic rings. The Morgan fingerprint density at radius 1 is 1.10 bits per heavy atom. The van der Waals surface area contributed by atoms with Crippen molar-refractivity contribution in [2.75, 3.05) is 26.2 Å². The summed E-state index contributed by atoms with van der Waals surface area (Å²) in [6.45, 7) is 3.55. The molecule has 3 aromatic rings. The van der Waals surface area contributed by atoms with E-state index in [1.807, 2.05) is 27.7 Å². The molecule has 1 saturated carbocycles. The zero-order valence-electron chi connectivity index (χ0n) is 17.5. The number of nitrogens with one attached hydrogen (secondary N) is 1. The summed E-state index contributed by atoms with van der Waals surface area (Å²) in [4.78, 5) is 26.0. The van der Waals surface area contributed by atoms with Crippen molar-refractivity contribution < 1.29 is 9.18 Å². The van der Waals surface area contributed by atoms with Gasteiger partial charge in [0.2, 0.25) is 0 Å². The molecule has 0 spiro atoms. The number of piperazine rings is 1. The molecule has 0 unspecified atom stereocenters. The van der Waals surface area contributed by atoms with Crippen molar-refractivity contribution in [1.82, 2.24) is 29.7 Å². The van der Waals surface area contributed by atoms with Crippen LogP contribution in [0.2, 0.25) is 0 Å². The van der Waals surface area contributed by atoms with Crippen molar-refractivity contribution in [1.29, 1.82) is 0 Å². The van der Waals surface area contributed by atoms with E-state index in [-0.39, 0.29) is 11.8 Å². The third-order valence-electron chi connectivity index (χ3n) is 6.26. The van der Waals surface area contributed by atoms with Crippen molar-refractivity contribution >= 4 is 17.2 Å². The van der Waals surface area contributed by atoms with Crippen LogP contribution in [0.5, 0.6) is 0 Å². The number of carbonyl (C=O) groups is 1. The van der Waals surface area contributed by atoms with Crippen LogP contribution in [0.1, 0.15) is 31.5 Å². The zero-order chi connectivity index (χ0) is 21.2. The molecule has 162 valence electrons. The van der Waals surface area contributed by atoms with Gasteiger partial charge in [-0.05, 0) is 43.2 Å². The van der Waals surface area contributed by atoms with Crippen molar-refractivity contribution in [3.63, 3.8) is 0 Å². The molecule has 0 radical (unpaired) electrons. The van der Waals surface area contributed by atoms with Crippen LogP contribution in [0.25, 0.3) is 16.9 Å². The van der Waals surface area contributed by atoms with Crippen LogP contribution >= 0.6 is 0 Å². The smallest absolute Gasteiger partial charge is 0.317 e. The molecule has 2 fully saturated rings. The van der Waals surface area contributed by atoms with Crippen molar-refractivity contribution in [2.24, 2.45) is 0 Å². The van der Waals surface area contributed by atoms with Gasteiger partial charge in [-0.25, -0.2) is 19.2 Å². The average molecular weight is 423 g/mol. The predicted octanol–water partition coefficient (Wildman–Crippen LogP) is 3.33. The largest absolute Gasteiger partial charge is 0.335 e. The Balaban J connectivity index is 1.30. The van der Waals surface area contributed by atoms with Gasteiger partial charge in [0.25, 0.3) is 0 Å². The highest BCUT2D eigenvalue weighted by Crippen LogP contribution is 2.22. The van der Waals surface area contributed by atoms with Crippen LogP contribution < -0.4 is 5.32 Å². The fourth-order valence-corrected chi connectivity index (χ4v) is 4.60. The number of aromatic nitrogens is 3. The number of imidazole rings is 1. The van der Waals surface area contributed by atoms with Gasteiger partial charge in [0.15, 0.2) is 5.65 Å². The van der Waals surface area contributed by atoms with Crippen molar-refractivity contribution in [3.05, 3.63) is 54.2 Å². The molecular weight excluding hydrogens is 395 g/mol. The van der Waals surface area contributed by atoms with E-state index in [9.17, 15) is 9.18 Å². The summed E-state index contributed by atoms with van der Waals surface area (Å²) in [6, 6.07) is 10.7. The molecule has 31 heavy (non-hydrogen) atoms. The molecule has 2 aromatic heterocycles. The number of hydrogen-bond donors (Lipinski definition) is 1. The highest BCUT2D eigenvalue weighted by molar-refractivity contribution is 5.75. The Labute approximate surface area is 180 Å². The highest BCUT2D eigenvalue weighted by Gasteiger charge is 2.25. The standard InChI is InChI=1S/C23H27FN6O/c24-17-5-3-8-19(15-17)30-21(27-20-9-4-10-25-22(20)30)16-28-11-13-29(14-12-28)23(31)26-18-6-1-2-7-18/h3-5,8-10,15,18H,1-2,6-7,11-14,16H2,(H,26,31). The summed E-state index contributed by atoms with van der Waals surface area (Å²) in [5.41, 5.74) is 2.22. The predicted molar refractivity (Wildman–Crippen MR) is 116 cm³/mol. The second-order valence-electron chi connectivity index (χ2n) is 8.38. The van der Waals surface area contributed by atoms with Crippen molar-refractivity contribution in [3.8, 4) is 5.69 Å². The van der Waals surface area contributed by atoms with E-state index in [0.29, 0.717) is 31.4 Å². The van der Waals surface area contributed by atoms with Gasteiger partial charge in [-0.2, -0.15) is 0 Å². The summed E-state index contributed by atoms with van der Waals surface area (Å²) in [5, 5.41) is 3.17. The lowest BCUT2D eigenvalue weighted by Crippen LogP contribution is -2.53. The van der Waals surface area contributed by atoms with Gasteiger partial charge < -0.3 is 10.2 Å². The number of urea groups is 1. The molecule has 1 aliphatic carbocycles. The Hall–Kier alpha value is -3.00. The monoisotopic (exact) mass is 422 g/mol. The van der Waals surface area contributed by atoms with Gasteiger partial charge in [-0.1, -0.05) is 18.9 Å². The zero-order valence-corrected chi connectivity index (χ0v) is 17.5. The third kappa shape index (κ3) is 4.25. The summed E-state index contributed by atoms with van der Waals surface area (Å²) in [7, 11) is 0. The van der Waals surface area contributed by atoms with E-state index in [2.05, 4.69) is 15.2 Å². The average Bonchev–Trinajstić information content (AvgIpc) is 3.41. The summed E-state index contributed by atoms with van der Waals surface area (Å²) in [5.74, 6) is 0.534. The molecule has 1 saturated heterocycles. The first-order valence-corrected chi connectivity index (χ1v) is 11.0. The van der Waals surface area contributed by atoms with E-state index in [1.54, 1.807) is 12.3 Å². The number of nitrogens with zero attached hydrogens (tertiary/aromatic N) is 5. The number of benzene rings is 1. The van der Waals surface area contributed by atoms with Gasteiger partial charge in [0, 0.05) is 38.4 Å². The Morgan fingerprint density at radius 3 is 2.68 bits per heavy atom. The molecule has 8 heteroatoms. The second-order valence-corrected chi connectivity index (χ2v) is 8.38. The SMILES string of the molecule is O=C(NC1CCCC1)N1CCN(Cc2nc3cccnc3n2-c2cccc(F)c2)CC1. The van der Waals surface area contributed by atoms with Crippen LogP contribution in [0, 0.1) is 5.82 Å². The number of carbonyl (C=O) groups excluding carboxylic acids is 1. The van der Waals surface area contributed by atoms with E-state index >= 15 is 0 Å². The lowest BCUT2D eigenvalue weighted by atomic mass is 10.2. The first-order chi connectivity index (χ1) is 15.2. The minimum absolute atomic E-state index is 0.0581. The van der Waals surface area contributed by atoms with Gasteiger partial charge in [0.05, 0.1) is 12.2 Å². The first kappa shape index (κ1) is 19.9. The molecule has 7 nitrogen and oxygen atoms in total. The van der Waals surface area contributed by atoms with E-state index in [0.717, 1.165) is 42.9 Å². The third-order valence-corrected chi connectivity index (χ3v) is 6.26. The summed E-state index contributed by atoms with van der Waals surface area (Å²) >= 11 is 0. The first-order valence-electron chi connectivity index (χ1n) is 11.0. The minimum atomic E-state index is -0.289. The number of hydrogen-bond acceptors (Lipinski definition) is 4. The molecule has 1 aromatic carbocycles. The lowest BCUT2D eigenvalue weighted by molar-refractivity contribution is 0.131. The molecule has 1 N–H and O–H groups in total. The van der Waals surface area contributed by atoms with Gasteiger partial charge in [0.1, 0.15) is 17.2 Å². The fraction of sp³-hybridized carbons (Fsp3) is 0.435. The van der Waals surface area contributed by atoms with Gasteiger partial charge >= 0.3 is 6.03 Å². The maximum atomic E-state index is 13.9. The summed E-state index contributed by atoms with van der Waals surface area (Å²) < 4.78 is 15.8. The maximum absolute atomic E-state index is 13.9.